The van der Waals surface area contributed by atoms with Crippen LogP contribution in [0.3, 0.4) is 0 Å². The van der Waals surface area contributed by atoms with E-state index in [1.807, 2.05) is 11.0 Å². The lowest BCUT2D eigenvalue weighted by atomic mass is 9.87. The molecule has 1 atom stereocenters. The minimum atomic E-state index is -0.347. The molecule has 0 bridgehead atoms. The number of hydrogen-bond donors (Lipinski definition) is 2. The maximum Gasteiger partial charge on any atom is 0.317 e. The number of hydrogen-bond acceptors (Lipinski definition) is 3. The predicted octanol–water partition coefficient (Wildman–Crippen LogP) is 2.35. The highest BCUT2D eigenvalue weighted by molar-refractivity contribution is 5.74. The third-order valence-electron chi connectivity index (χ3n) is 4.79. The van der Waals surface area contributed by atoms with Crippen LogP contribution in [0.5, 0.6) is 0 Å². The summed E-state index contributed by atoms with van der Waals surface area (Å²) in [5.41, 5.74) is 1.27. The van der Waals surface area contributed by atoms with Crippen LogP contribution >= 0.6 is 0 Å². The molecule has 1 aromatic rings. The molecule has 5 heteroatoms. The van der Waals surface area contributed by atoms with Crippen LogP contribution in [0.15, 0.2) is 30.3 Å². The van der Waals surface area contributed by atoms with Gasteiger partial charge in [0.15, 0.2) is 0 Å². The summed E-state index contributed by atoms with van der Waals surface area (Å²) in [6.45, 7) is 11.0. The molecule has 2 rings (SSSR count). The summed E-state index contributed by atoms with van der Waals surface area (Å²) in [4.78, 5) is 16.7. The second-order valence-corrected chi connectivity index (χ2v) is 7.94. The van der Waals surface area contributed by atoms with Gasteiger partial charge in [0, 0.05) is 39.3 Å². The normalized spacial score (nSPS) is 17.4. The Labute approximate surface area is 152 Å². The summed E-state index contributed by atoms with van der Waals surface area (Å²) >= 11 is 0. The number of aliphatic hydroxyl groups is 1. The Morgan fingerprint density at radius 2 is 1.84 bits per heavy atom. The molecule has 5 nitrogen and oxygen atoms in total. The largest absolute Gasteiger partial charge is 0.393 e. The van der Waals surface area contributed by atoms with Gasteiger partial charge < -0.3 is 15.3 Å². The maximum absolute atomic E-state index is 12.4. The number of benzene rings is 1. The molecule has 1 aromatic carbocycles. The van der Waals surface area contributed by atoms with Crippen LogP contribution in [-0.2, 0) is 6.42 Å². The van der Waals surface area contributed by atoms with E-state index in [0.717, 1.165) is 39.1 Å². The van der Waals surface area contributed by atoms with Crippen LogP contribution in [0.25, 0.3) is 0 Å². The predicted molar refractivity (Wildman–Crippen MR) is 102 cm³/mol. The van der Waals surface area contributed by atoms with Crippen molar-refractivity contribution in [1.29, 1.82) is 0 Å². The van der Waals surface area contributed by atoms with Crippen molar-refractivity contribution < 1.29 is 9.90 Å². The summed E-state index contributed by atoms with van der Waals surface area (Å²) in [6, 6.07) is 10.6. The Morgan fingerprint density at radius 1 is 1.20 bits per heavy atom. The van der Waals surface area contributed by atoms with Gasteiger partial charge in [0.25, 0.3) is 0 Å². The topological polar surface area (TPSA) is 55.8 Å². The number of aliphatic hydroxyl groups excluding tert-OH is 1. The summed E-state index contributed by atoms with van der Waals surface area (Å²) < 4.78 is 0. The van der Waals surface area contributed by atoms with Gasteiger partial charge in [-0.3, -0.25) is 4.90 Å². The van der Waals surface area contributed by atoms with Crippen molar-refractivity contribution in [2.24, 2.45) is 5.41 Å². The van der Waals surface area contributed by atoms with Crippen molar-refractivity contribution >= 4 is 6.03 Å². The number of carbonyl (C=O) groups excluding carboxylic acids is 1. The molecular formula is C20H33N3O2. The van der Waals surface area contributed by atoms with Crippen LogP contribution < -0.4 is 5.32 Å². The zero-order chi connectivity index (χ0) is 18.3. The minimum Gasteiger partial charge on any atom is -0.393 e. The highest BCUT2D eigenvalue weighted by atomic mass is 16.3. The van der Waals surface area contributed by atoms with Gasteiger partial charge in [-0.1, -0.05) is 44.2 Å². The van der Waals surface area contributed by atoms with Gasteiger partial charge in [-0.25, -0.2) is 4.79 Å². The summed E-state index contributed by atoms with van der Waals surface area (Å²) in [7, 11) is 0. The van der Waals surface area contributed by atoms with E-state index in [9.17, 15) is 9.90 Å². The maximum atomic E-state index is 12.4. The fourth-order valence-corrected chi connectivity index (χ4v) is 3.41. The third-order valence-corrected chi connectivity index (χ3v) is 4.79. The number of amides is 2. The molecular weight excluding hydrogens is 314 g/mol. The molecule has 0 aromatic heterocycles. The van der Waals surface area contributed by atoms with Gasteiger partial charge in [-0.15, -0.1) is 0 Å². The van der Waals surface area contributed by atoms with Gasteiger partial charge in [0.2, 0.25) is 0 Å². The molecule has 1 unspecified atom stereocenters. The molecule has 2 amide bonds. The lowest BCUT2D eigenvalue weighted by Crippen LogP contribution is -2.53. The van der Waals surface area contributed by atoms with E-state index in [1.165, 1.54) is 5.56 Å². The molecule has 1 fully saturated rings. The van der Waals surface area contributed by atoms with E-state index in [-0.39, 0.29) is 17.6 Å². The Balaban J connectivity index is 1.68. The first kappa shape index (κ1) is 19.7. The minimum absolute atomic E-state index is 0.0152. The van der Waals surface area contributed by atoms with Gasteiger partial charge in [-0.05, 0) is 30.7 Å². The number of rotatable bonds is 7. The molecule has 2 N–H and O–H groups in total. The van der Waals surface area contributed by atoms with Gasteiger partial charge >= 0.3 is 6.03 Å². The zero-order valence-electron chi connectivity index (χ0n) is 15.9. The first-order valence-electron chi connectivity index (χ1n) is 9.33. The van der Waals surface area contributed by atoms with Crippen molar-refractivity contribution in [2.75, 3.05) is 39.3 Å². The fraction of sp³-hybridized carbons (Fsp3) is 0.650. The molecule has 0 aliphatic carbocycles. The molecule has 25 heavy (non-hydrogen) atoms. The SMILES string of the molecule is CC(O)CC(C)(C)CNC(=O)N1CCN(CCc2ccccc2)CC1. The Morgan fingerprint density at radius 3 is 2.44 bits per heavy atom. The van der Waals surface area contributed by atoms with Gasteiger partial charge in [0.05, 0.1) is 6.10 Å². The Bertz CT molecular complexity index is 523. The average molecular weight is 348 g/mol. The highest BCUT2D eigenvalue weighted by Crippen LogP contribution is 2.21. The van der Waals surface area contributed by atoms with Crippen LogP contribution in [0, 0.1) is 5.41 Å². The quantitative estimate of drug-likeness (QED) is 0.796. The summed E-state index contributed by atoms with van der Waals surface area (Å²) in [6.07, 6.45) is 1.39. The van der Waals surface area contributed by atoms with Gasteiger partial charge in [-0.2, -0.15) is 0 Å². The number of carbonyl (C=O) groups is 1. The molecule has 1 heterocycles. The number of piperazine rings is 1. The number of nitrogens with zero attached hydrogens (tertiary/aromatic N) is 2. The van der Waals surface area contributed by atoms with Crippen molar-refractivity contribution in [3.63, 3.8) is 0 Å². The van der Waals surface area contributed by atoms with E-state index in [2.05, 4.69) is 48.3 Å². The molecule has 1 aliphatic rings. The summed E-state index contributed by atoms with van der Waals surface area (Å²) in [5.74, 6) is 0. The molecule has 1 aliphatic heterocycles. The first-order chi connectivity index (χ1) is 11.9. The van der Waals surface area contributed by atoms with Crippen molar-refractivity contribution in [3.05, 3.63) is 35.9 Å². The van der Waals surface area contributed by atoms with Crippen LogP contribution in [0.2, 0.25) is 0 Å². The van der Waals surface area contributed by atoms with E-state index < -0.39 is 0 Å². The second-order valence-electron chi connectivity index (χ2n) is 7.94. The monoisotopic (exact) mass is 347 g/mol. The first-order valence-corrected chi connectivity index (χ1v) is 9.33. The fourth-order valence-electron chi connectivity index (χ4n) is 3.41. The molecule has 1 saturated heterocycles. The third kappa shape index (κ3) is 7.04. The Kier molecular flexibility index (Phi) is 7.26. The molecule has 140 valence electrons. The molecule has 0 saturated carbocycles. The van der Waals surface area contributed by atoms with Crippen LogP contribution in [0.1, 0.15) is 32.8 Å². The second kappa shape index (κ2) is 9.20. The van der Waals surface area contributed by atoms with Crippen molar-refractivity contribution in [1.82, 2.24) is 15.1 Å². The van der Waals surface area contributed by atoms with Crippen LogP contribution in [0.4, 0.5) is 4.79 Å². The molecule has 0 radical (unpaired) electrons. The number of nitrogens with one attached hydrogen (secondary N) is 1. The molecule has 0 spiro atoms. The van der Waals surface area contributed by atoms with Crippen molar-refractivity contribution in [3.8, 4) is 0 Å². The Hall–Kier alpha value is -1.59. The number of urea groups is 1. The van der Waals surface area contributed by atoms with E-state index in [4.69, 9.17) is 0 Å². The van der Waals surface area contributed by atoms with E-state index in [1.54, 1.807) is 6.92 Å². The standard InChI is InChI=1S/C20H33N3O2/c1-17(24)15-20(2,3)16-21-19(25)23-13-11-22(12-14-23)10-9-18-7-5-4-6-8-18/h4-8,17,24H,9-16H2,1-3H3,(H,21,25). The smallest absolute Gasteiger partial charge is 0.317 e. The van der Waals surface area contributed by atoms with Crippen LogP contribution in [-0.4, -0.2) is 66.3 Å². The lowest BCUT2D eigenvalue weighted by Gasteiger charge is -2.35. The lowest BCUT2D eigenvalue weighted by molar-refractivity contribution is 0.119. The summed E-state index contributed by atoms with van der Waals surface area (Å²) in [5, 5.41) is 12.6. The zero-order valence-corrected chi connectivity index (χ0v) is 15.9. The van der Waals surface area contributed by atoms with Crippen molar-refractivity contribution in [2.45, 2.75) is 39.7 Å². The van der Waals surface area contributed by atoms with E-state index in [0.29, 0.717) is 13.0 Å². The highest BCUT2D eigenvalue weighted by Gasteiger charge is 2.24. The van der Waals surface area contributed by atoms with Gasteiger partial charge in [0.1, 0.15) is 0 Å². The van der Waals surface area contributed by atoms with E-state index >= 15 is 0 Å². The average Bonchev–Trinajstić information content (AvgIpc) is 2.58.